The lowest BCUT2D eigenvalue weighted by molar-refractivity contribution is 0.663. The molecule has 0 aliphatic carbocycles. The highest BCUT2D eigenvalue weighted by atomic mass is 35.6. The Morgan fingerprint density at radius 1 is 1.17 bits per heavy atom. The molecule has 0 atom stereocenters. The van der Waals surface area contributed by atoms with Crippen LogP contribution in [0.3, 0.4) is 0 Å². The fourth-order valence-electron chi connectivity index (χ4n) is 1.14. The second-order valence-corrected chi connectivity index (χ2v) is 5.63. The number of allylic oxidation sites excluding steroid dienone is 2. The van der Waals surface area contributed by atoms with Crippen molar-refractivity contribution in [2.75, 3.05) is 0 Å². The van der Waals surface area contributed by atoms with Crippen LogP contribution in [-0.4, -0.2) is 8.83 Å². The smallest absolute Gasteiger partial charge is 0.151 e. The fourth-order valence-corrected chi connectivity index (χ4v) is 2.23. The monoisotopic (exact) mass is 204 g/mol. The van der Waals surface area contributed by atoms with Gasteiger partial charge in [0.2, 0.25) is 0 Å². The Morgan fingerprint density at radius 3 is 2.33 bits per heavy atom. The van der Waals surface area contributed by atoms with Gasteiger partial charge in [0.25, 0.3) is 0 Å². The molecule has 0 unspecified atom stereocenters. The normalized spacial score (nSPS) is 14.0. The molecule has 0 aromatic rings. The minimum absolute atomic E-state index is 0.397. The summed E-state index contributed by atoms with van der Waals surface area (Å²) >= 11 is 5.87. The predicted molar refractivity (Wildman–Crippen MR) is 61.5 cm³/mol. The molecule has 2 heteroatoms. The van der Waals surface area contributed by atoms with Crippen molar-refractivity contribution in [1.29, 1.82) is 0 Å². The summed E-state index contributed by atoms with van der Waals surface area (Å²) in [5, 5.41) is 1.49. The Hall–Kier alpha value is 0.247. The highest BCUT2D eigenvalue weighted by Gasteiger charge is 1.95. The van der Waals surface area contributed by atoms with E-state index in [4.69, 9.17) is 11.1 Å². The van der Waals surface area contributed by atoms with E-state index in [1.807, 2.05) is 0 Å². The minimum atomic E-state index is -0.397. The summed E-state index contributed by atoms with van der Waals surface area (Å²) < 4.78 is 0. The summed E-state index contributed by atoms with van der Waals surface area (Å²) in [4.78, 5) is 0. The molecule has 0 radical (unpaired) electrons. The van der Waals surface area contributed by atoms with Crippen molar-refractivity contribution in [2.45, 2.75) is 52.9 Å². The van der Waals surface area contributed by atoms with Gasteiger partial charge in [-0.15, -0.1) is 0 Å². The maximum absolute atomic E-state index is 5.87. The van der Waals surface area contributed by atoms with E-state index >= 15 is 0 Å². The molecule has 0 heterocycles. The van der Waals surface area contributed by atoms with Gasteiger partial charge in [-0.2, -0.15) is 11.1 Å². The topological polar surface area (TPSA) is 0 Å². The lowest BCUT2D eigenvalue weighted by Gasteiger charge is -2.04. The van der Waals surface area contributed by atoms with Crippen LogP contribution in [0.15, 0.2) is 10.8 Å². The third-order valence-electron chi connectivity index (χ3n) is 2.33. The second-order valence-electron chi connectivity index (χ2n) is 3.50. The van der Waals surface area contributed by atoms with Crippen LogP contribution in [0.25, 0.3) is 0 Å². The van der Waals surface area contributed by atoms with Crippen molar-refractivity contribution in [3.63, 3.8) is 0 Å². The van der Waals surface area contributed by atoms with Crippen LogP contribution in [0.4, 0.5) is 0 Å². The van der Waals surface area contributed by atoms with Crippen molar-refractivity contribution in [3.8, 4) is 0 Å². The van der Waals surface area contributed by atoms with Gasteiger partial charge in [0.1, 0.15) is 0 Å². The molecular weight excluding hydrogens is 184 g/mol. The van der Waals surface area contributed by atoms with Crippen LogP contribution in [0.2, 0.25) is 0 Å². The molecule has 0 bridgehead atoms. The van der Waals surface area contributed by atoms with Crippen molar-refractivity contribution in [1.82, 2.24) is 0 Å². The van der Waals surface area contributed by atoms with Gasteiger partial charge in [0.05, 0.1) is 0 Å². The quantitative estimate of drug-likeness (QED) is 0.353. The van der Waals surface area contributed by atoms with Gasteiger partial charge in [0.15, 0.2) is 8.83 Å². The molecule has 0 nitrogen and oxygen atoms in total. The summed E-state index contributed by atoms with van der Waals surface area (Å²) in [5.74, 6) is 0. The molecule has 0 fully saturated rings. The number of hydrogen-bond acceptors (Lipinski definition) is 0. The van der Waals surface area contributed by atoms with Gasteiger partial charge < -0.3 is 0 Å². The Balaban J connectivity index is 3.49. The first-order chi connectivity index (χ1) is 5.72. The standard InChI is InChI=1S/C10H21ClSi/c1-4-5-6-7-8-9(2)10(3)12-11/h4-8,12H2,1-3H3. The molecule has 0 aliphatic heterocycles. The first-order valence-electron chi connectivity index (χ1n) is 4.93. The zero-order valence-electron chi connectivity index (χ0n) is 8.62. The lowest BCUT2D eigenvalue weighted by Crippen LogP contribution is -1.89. The third-order valence-corrected chi connectivity index (χ3v) is 4.54. The number of hydrogen-bond donors (Lipinski definition) is 0. The van der Waals surface area contributed by atoms with Gasteiger partial charge in [0, 0.05) is 0 Å². The zero-order valence-corrected chi connectivity index (χ0v) is 10.8. The minimum Gasteiger partial charge on any atom is -0.170 e. The van der Waals surface area contributed by atoms with Crippen molar-refractivity contribution < 1.29 is 0 Å². The van der Waals surface area contributed by atoms with Crippen molar-refractivity contribution in [2.24, 2.45) is 0 Å². The van der Waals surface area contributed by atoms with Crippen LogP contribution in [0, 0.1) is 0 Å². The zero-order chi connectivity index (χ0) is 9.40. The van der Waals surface area contributed by atoms with E-state index in [1.165, 1.54) is 37.3 Å². The van der Waals surface area contributed by atoms with E-state index in [0.717, 1.165) is 0 Å². The summed E-state index contributed by atoms with van der Waals surface area (Å²) in [6.07, 6.45) is 6.70. The van der Waals surface area contributed by atoms with E-state index < -0.39 is 8.83 Å². The third kappa shape index (κ3) is 5.84. The van der Waals surface area contributed by atoms with Crippen molar-refractivity contribution in [3.05, 3.63) is 10.8 Å². The Morgan fingerprint density at radius 2 is 1.83 bits per heavy atom. The fraction of sp³-hybridized carbons (Fsp3) is 0.800. The molecule has 0 amide bonds. The van der Waals surface area contributed by atoms with Crippen LogP contribution >= 0.6 is 11.1 Å². The maximum atomic E-state index is 5.87. The highest BCUT2D eigenvalue weighted by molar-refractivity contribution is 6.97. The van der Waals surface area contributed by atoms with Crippen LogP contribution in [0.1, 0.15) is 52.9 Å². The van der Waals surface area contributed by atoms with E-state index in [9.17, 15) is 0 Å². The van der Waals surface area contributed by atoms with E-state index in [-0.39, 0.29) is 0 Å². The Bertz CT molecular complexity index is 141. The summed E-state index contributed by atoms with van der Waals surface area (Å²) in [7, 11) is -0.397. The molecular formula is C10H21ClSi. The SMILES string of the molecule is CCCCCCC(C)=C(C)[SiH2]Cl. The van der Waals surface area contributed by atoms with E-state index in [2.05, 4.69) is 20.8 Å². The van der Waals surface area contributed by atoms with Gasteiger partial charge in [-0.3, -0.25) is 0 Å². The predicted octanol–water partition coefficient (Wildman–Crippen LogP) is 3.57. The van der Waals surface area contributed by atoms with E-state index in [0.29, 0.717) is 0 Å². The Labute approximate surface area is 83.9 Å². The second kappa shape index (κ2) is 7.87. The summed E-state index contributed by atoms with van der Waals surface area (Å²) in [6, 6.07) is 0. The highest BCUT2D eigenvalue weighted by Crippen LogP contribution is 2.13. The molecule has 0 saturated heterocycles. The molecule has 0 aromatic heterocycles. The van der Waals surface area contributed by atoms with Crippen LogP contribution in [0.5, 0.6) is 0 Å². The number of halogens is 1. The summed E-state index contributed by atoms with van der Waals surface area (Å²) in [5.41, 5.74) is 1.55. The lowest BCUT2D eigenvalue weighted by atomic mass is 10.1. The molecule has 72 valence electrons. The summed E-state index contributed by atoms with van der Waals surface area (Å²) in [6.45, 7) is 6.67. The molecule has 12 heavy (non-hydrogen) atoms. The average Bonchev–Trinajstić information content (AvgIpc) is 2.10. The van der Waals surface area contributed by atoms with Gasteiger partial charge in [-0.05, 0) is 26.7 Å². The number of unbranched alkanes of at least 4 members (excludes halogenated alkanes) is 3. The van der Waals surface area contributed by atoms with Gasteiger partial charge in [-0.1, -0.05) is 37.0 Å². The molecule has 0 aliphatic rings. The van der Waals surface area contributed by atoms with E-state index in [1.54, 1.807) is 5.57 Å². The van der Waals surface area contributed by atoms with Gasteiger partial charge >= 0.3 is 0 Å². The first kappa shape index (κ1) is 12.2. The molecule has 0 aromatic carbocycles. The molecule has 0 N–H and O–H groups in total. The molecule has 0 saturated carbocycles. The molecule has 0 rings (SSSR count). The Kier molecular flexibility index (Phi) is 8.04. The van der Waals surface area contributed by atoms with Crippen LogP contribution in [-0.2, 0) is 0 Å². The van der Waals surface area contributed by atoms with Crippen LogP contribution < -0.4 is 0 Å². The first-order valence-corrected chi connectivity index (χ1v) is 7.78. The van der Waals surface area contributed by atoms with Gasteiger partial charge in [-0.25, -0.2) is 0 Å². The molecule has 0 spiro atoms. The maximum Gasteiger partial charge on any atom is 0.151 e. The largest absolute Gasteiger partial charge is 0.170 e. The number of rotatable bonds is 6. The van der Waals surface area contributed by atoms with Crippen molar-refractivity contribution >= 4 is 19.9 Å². The average molecular weight is 205 g/mol.